The van der Waals surface area contributed by atoms with Gasteiger partial charge in [-0.25, -0.2) is 15.0 Å². The van der Waals surface area contributed by atoms with Gasteiger partial charge in [0.1, 0.15) is 0 Å². The molecule has 0 N–H and O–H groups in total. The minimum Gasteiger partial charge on any atom is -0.309 e. The molecule has 58 heavy (non-hydrogen) atoms. The Bertz CT molecular complexity index is 3060. The summed E-state index contributed by atoms with van der Waals surface area (Å²) in [4.78, 5) is 23.1. The van der Waals surface area contributed by atoms with Gasteiger partial charge in [0.15, 0.2) is 17.5 Å². The summed E-state index contributed by atoms with van der Waals surface area (Å²) in [5.41, 5.74) is 16.0. The van der Waals surface area contributed by atoms with Crippen LogP contribution in [0.3, 0.4) is 0 Å². The Kier molecular flexibility index (Phi) is 7.73. The van der Waals surface area contributed by atoms with Gasteiger partial charge in [-0.05, 0) is 105 Å². The van der Waals surface area contributed by atoms with E-state index in [0.717, 1.165) is 27.9 Å². The second-order valence-electron chi connectivity index (χ2n) is 15.4. The van der Waals surface area contributed by atoms with Crippen LogP contribution in [-0.2, 0) is 5.41 Å². The second kappa shape index (κ2) is 13.3. The second-order valence-corrected chi connectivity index (χ2v) is 15.4. The van der Waals surface area contributed by atoms with E-state index in [4.69, 9.17) is 15.0 Å². The molecule has 4 aromatic heterocycles. The lowest BCUT2D eigenvalue weighted by atomic mass is 9.81. The highest BCUT2D eigenvalue weighted by Crippen LogP contribution is 2.50. The van der Waals surface area contributed by atoms with Crippen molar-refractivity contribution in [1.29, 1.82) is 0 Å². The molecule has 0 radical (unpaired) electrons. The normalized spacial score (nSPS) is 12.8. The van der Waals surface area contributed by atoms with Gasteiger partial charge in [0, 0.05) is 63.4 Å². The van der Waals surface area contributed by atoms with Crippen molar-refractivity contribution < 1.29 is 0 Å². The lowest BCUT2D eigenvalue weighted by Crippen LogP contribution is -2.15. The third-order valence-corrected chi connectivity index (χ3v) is 11.7. The Morgan fingerprint density at radius 2 is 0.828 bits per heavy atom. The third-order valence-electron chi connectivity index (χ3n) is 11.7. The van der Waals surface area contributed by atoms with E-state index in [1.807, 2.05) is 24.3 Å². The van der Waals surface area contributed by atoms with E-state index in [2.05, 4.69) is 162 Å². The fourth-order valence-electron chi connectivity index (χ4n) is 8.67. The van der Waals surface area contributed by atoms with Crippen LogP contribution in [0.25, 0.3) is 95.0 Å². The lowest BCUT2D eigenvalue weighted by molar-refractivity contribution is 0.661. The first kappa shape index (κ1) is 33.7. The summed E-state index contributed by atoms with van der Waals surface area (Å²) in [6.07, 6.45) is 7.04. The van der Waals surface area contributed by atoms with Gasteiger partial charge in [-0.15, -0.1) is 0 Å². The number of hydrogen-bond acceptors (Lipinski definition) is 5. The van der Waals surface area contributed by atoms with Crippen LogP contribution in [0.5, 0.6) is 0 Å². The first-order valence-electron chi connectivity index (χ1n) is 19.6. The van der Waals surface area contributed by atoms with Crippen molar-refractivity contribution in [2.75, 3.05) is 0 Å². The zero-order valence-corrected chi connectivity index (χ0v) is 32.0. The van der Waals surface area contributed by atoms with E-state index in [1.54, 1.807) is 24.8 Å². The molecule has 0 unspecified atom stereocenters. The molecule has 0 spiro atoms. The Morgan fingerprint density at radius 1 is 0.397 bits per heavy atom. The molecule has 4 heterocycles. The maximum Gasteiger partial charge on any atom is 0.165 e. The largest absolute Gasteiger partial charge is 0.309 e. The molecule has 0 atom stereocenters. The molecule has 10 aromatic rings. The summed E-state index contributed by atoms with van der Waals surface area (Å²) >= 11 is 0. The van der Waals surface area contributed by atoms with Crippen molar-refractivity contribution in [2.24, 2.45) is 0 Å². The molecule has 0 aliphatic heterocycles. The molecule has 6 nitrogen and oxygen atoms in total. The quantitative estimate of drug-likeness (QED) is 0.170. The smallest absolute Gasteiger partial charge is 0.165 e. The van der Waals surface area contributed by atoms with E-state index in [0.29, 0.717) is 17.5 Å². The summed E-state index contributed by atoms with van der Waals surface area (Å²) in [5.74, 6) is 1.74. The van der Waals surface area contributed by atoms with Gasteiger partial charge in [0.05, 0.1) is 11.0 Å². The fourth-order valence-corrected chi connectivity index (χ4v) is 8.67. The highest BCUT2D eigenvalue weighted by molar-refractivity contribution is 6.09. The van der Waals surface area contributed by atoms with Crippen molar-refractivity contribution >= 4 is 21.8 Å². The standard InChI is InChI=1S/C52H36N6/c1-52(2)45-29-36(33-15-17-35(18-16-33)49-55-50(38-9-7-27-53-31-38)57-51(56-49)39-10-8-28-54-32-39)21-25-41(45)42-26-22-37(30-46(42)52)34-19-23-40(24-20-34)58-47-13-5-3-11-43(47)44-12-4-6-14-48(44)58/h3-32H,1-2H3. The highest BCUT2D eigenvalue weighted by atomic mass is 15.0. The number of pyridine rings is 2. The van der Waals surface area contributed by atoms with Crippen molar-refractivity contribution in [3.05, 3.63) is 194 Å². The molecule has 1 aliphatic rings. The van der Waals surface area contributed by atoms with Gasteiger partial charge >= 0.3 is 0 Å². The van der Waals surface area contributed by atoms with Crippen LogP contribution in [0.2, 0.25) is 0 Å². The molecule has 0 amide bonds. The Balaban J connectivity index is 0.895. The molecule has 0 fully saturated rings. The van der Waals surface area contributed by atoms with Gasteiger partial charge in [-0.2, -0.15) is 0 Å². The van der Waals surface area contributed by atoms with Crippen molar-refractivity contribution in [1.82, 2.24) is 29.5 Å². The summed E-state index contributed by atoms with van der Waals surface area (Å²) in [6, 6.07) is 56.4. The number of benzene rings is 6. The van der Waals surface area contributed by atoms with Crippen LogP contribution in [0, 0.1) is 0 Å². The summed E-state index contributed by atoms with van der Waals surface area (Å²) in [6.45, 7) is 4.69. The van der Waals surface area contributed by atoms with E-state index in [-0.39, 0.29) is 5.41 Å². The van der Waals surface area contributed by atoms with Crippen LogP contribution >= 0.6 is 0 Å². The zero-order chi connectivity index (χ0) is 38.8. The number of hydrogen-bond donors (Lipinski definition) is 0. The van der Waals surface area contributed by atoms with Crippen LogP contribution < -0.4 is 0 Å². The number of aromatic nitrogens is 6. The molecular formula is C52H36N6. The van der Waals surface area contributed by atoms with E-state index >= 15 is 0 Å². The Labute approximate surface area is 336 Å². The summed E-state index contributed by atoms with van der Waals surface area (Å²) in [7, 11) is 0. The van der Waals surface area contributed by atoms with Crippen molar-refractivity contribution in [3.8, 4) is 73.2 Å². The topological polar surface area (TPSA) is 69.4 Å². The van der Waals surface area contributed by atoms with Crippen LogP contribution in [0.4, 0.5) is 0 Å². The lowest BCUT2D eigenvalue weighted by Gasteiger charge is -2.22. The SMILES string of the molecule is CC1(C)c2cc(-c3ccc(-c4nc(-c5cccnc5)nc(-c5cccnc5)n4)cc3)ccc2-c2ccc(-c3ccc(-n4c5ccccc5c5ccccc54)cc3)cc21. The molecule has 0 saturated carbocycles. The average molecular weight is 745 g/mol. The maximum atomic E-state index is 4.87. The molecule has 0 bridgehead atoms. The Hall–Kier alpha value is -7.57. The zero-order valence-electron chi connectivity index (χ0n) is 32.0. The highest BCUT2D eigenvalue weighted by Gasteiger charge is 2.36. The minimum absolute atomic E-state index is 0.171. The van der Waals surface area contributed by atoms with Gasteiger partial charge in [-0.1, -0.05) is 111 Å². The van der Waals surface area contributed by atoms with E-state index in [1.165, 1.54) is 60.8 Å². The van der Waals surface area contributed by atoms with Gasteiger partial charge in [0.2, 0.25) is 0 Å². The van der Waals surface area contributed by atoms with Crippen LogP contribution in [0.15, 0.2) is 183 Å². The first-order valence-corrected chi connectivity index (χ1v) is 19.6. The average Bonchev–Trinajstić information content (AvgIpc) is 3.74. The molecule has 11 rings (SSSR count). The minimum atomic E-state index is -0.171. The maximum absolute atomic E-state index is 4.87. The molecular weight excluding hydrogens is 709 g/mol. The Morgan fingerprint density at radius 3 is 1.31 bits per heavy atom. The molecule has 1 aliphatic carbocycles. The van der Waals surface area contributed by atoms with Gasteiger partial charge in [-0.3, -0.25) is 9.97 Å². The van der Waals surface area contributed by atoms with Crippen LogP contribution in [0.1, 0.15) is 25.0 Å². The predicted molar refractivity (Wildman–Crippen MR) is 234 cm³/mol. The first-order chi connectivity index (χ1) is 28.5. The number of nitrogens with zero attached hydrogens (tertiary/aromatic N) is 6. The van der Waals surface area contributed by atoms with Gasteiger partial charge < -0.3 is 4.57 Å². The van der Waals surface area contributed by atoms with Crippen molar-refractivity contribution in [2.45, 2.75) is 19.3 Å². The summed E-state index contributed by atoms with van der Waals surface area (Å²) in [5, 5.41) is 2.54. The fraction of sp³-hybridized carbons (Fsp3) is 0.0577. The summed E-state index contributed by atoms with van der Waals surface area (Å²) < 4.78 is 2.37. The number of fused-ring (bicyclic) bond motifs is 6. The molecule has 274 valence electrons. The van der Waals surface area contributed by atoms with E-state index in [9.17, 15) is 0 Å². The van der Waals surface area contributed by atoms with Gasteiger partial charge in [0.25, 0.3) is 0 Å². The third kappa shape index (κ3) is 5.52. The number of rotatable bonds is 6. The molecule has 0 saturated heterocycles. The monoisotopic (exact) mass is 744 g/mol. The molecule has 6 heteroatoms. The molecule has 6 aromatic carbocycles. The van der Waals surface area contributed by atoms with Crippen LogP contribution in [-0.4, -0.2) is 29.5 Å². The number of para-hydroxylation sites is 2. The predicted octanol–water partition coefficient (Wildman–Crippen LogP) is 12.4. The van der Waals surface area contributed by atoms with Crippen molar-refractivity contribution in [3.63, 3.8) is 0 Å². The van der Waals surface area contributed by atoms with E-state index < -0.39 is 0 Å².